The summed E-state index contributed by atoms with van der Waals surface area (Å²) in [5.41, 5.74) is 5.38. The minimum absolute atomic E-state index is 0.0983. The predicted octanol–water partition coefficient (Wildman–Crippen LogP) is 0.864. The smallest absolute Gasteiger partial charge is 0.322 e. The molecule has 7 heteroatoms. The average molecular weight is 254 g/mol. The van der Waals surface area contributed by atoms with Crippen LogP contribution in [-0.4, -0.2) is 30.7 Å². The fourth-order valence-electron chi connectivity index (χ4n) is 1.30. The molecular weight excluding hydrogens is 240 g/mol. The Balaban J connectivity index is 2.54. The van der Waals surface area contributed by atoms with Crippen molar-refractivity contribution in [1.82, 2.24) is 0 Å². The van der Waals surface area contributed by atoms with E-state index in [1.807, 2.05) is 0 Å². The molecular formula is C11H14N2O5. The summed E-state index contributed by atoms with van der Waals surface area (Å²) in [5, 5.41) is 10.7. The number of nitro benzene ring substituents is 1. The molecule has 0 saturated heterocycles. The number of methoxy groups -OCH3 is 1. The zero-order valence-corrected chi connectivity index (χ0v) is 9.87. The van der Waals surface area contributed by atoms with Crippen molar-refractivity contribution in [3.05, 3.63) is 34.4 Å². The molecule has 18 heavy (non-hydrogen) atoms. The van der Waals surface area contributed by atoms with Gasteiger partial charge in [-0.05, 0) is 6.07 Å². The fraction of sp³-hybridized carbons (Fsp3) is 0.364. The summed E-state index contributed by atoms with van der Waals surface area (Å²) in [6.45, 7) is 0.0983. The molecule has 1 rings (SSSR count). The quantitative estimate of drug-likeness (QED) is 0.458. The summed E-state index contributed by atoms with van der Waals surface area (Å²) in [6.07, 6.45) is 0.221. The van der Waals surface area contributed by atoms with Gasteiger partial charge in [0.2, 0.25) is 0 Å². The van der Waals surface area contributed by atoms with Crippen LogP contribution in [-0.2, 0) is 9.53 Å². The number of benzene rings is 1. The number of nitrogens with zero attached hydrogens (tertiary/aromatic N) is 1. The molecule has 0 bridgehead atoms. The van der Waals surface area contributed by atoms with E-state index in [2.05, 4.69) is 4.74 Å². The summed E-state index contributed by atoms with van der Waals surface area (Å²) in [4.78, 5) is 21.2. The normalized spacial score (nSPS) is 11.7. The van der Waals surface area contributed by atoms with Crippen LogP contribution in [0.4, 0.5) is 5.69 Å². The van der Waals surface area contributed by atoms with E-state index >= 15 is 0 Å². The highest BCUT2D eigenvalue weighted by atomic mass is 16.6. The highest BCUT2D eigenvalue weighted by Gasteiger charge is 2.16. The molecule has 0 spiro atoms. The lowest BCUT2D eigenvalue weighted by molar-refractivity contribution is -0.385. The summed E-state index contributed by atoms with van der Waals surface area (Å²) < 4.78 is 9.68. The maximum absolute atomic E-state index is 11.0. The first-order valence-electron chi connectivity index (χ1n) is 5.26. The molecule has 0 aliphatic carbocycles. The molecule has 2 N–H and O–H groups in total. The van der Waals surface area contributed by atoms with Gasteiger partial charge in [0.05, 0.1) is 18.6 Å². The van der Waals surface area contributed by atoms with Crippen molar-refractivity contribution in [3.63, 3.8) is 0 Å². The Morgan fingerprint density at radius 2 is 2.17 bits per heavy atom. The van der Waals surface area contributed by atoms with E-state index in [0.29, 0.717) is 0 Å². The molecule has 0 aliphatic rings. The Morgan fingerprint density at radius 1 is 1.50 bits per heavy atom. The van der Waals surface area contributed by atoms with Crippen LogP contribution < -0.4 is 10.5 Å². The molecule has 0 aromatic heterocycles. The van der Waals surface area contributed by atoms with Crippen LogP contribution in [0.25, 0.3) is 0 Å². The van der Waals surface area contributed by atoms with Gasteiger partial charge in [-0.3, -0.25) is 14.9 Å². The van der Waals surface area contributed by atoms with Gasteiger partial charge in [0, 0.05) is 12.5 Å². The summed E-state index contributed by atoms with van der Waals surface area (Å²) in [5.74, 6) is -0.388. The second-order valence-electron chi connectivity index (χ2n) is 3.49. The highest BCUT2D eigenvalue weighted by Crippen LogP contribution is 2.25. The van der Waals surface area contributed by atoms with Crippen molar-refractivity contribution in [2.24, 2.45) is 5.73 Å². The zero-order valence-electron chi connectivity index (χ0n) is 9.87. The summed E-state index contributed by atoms with van der Waals surface area (Å²) in [6, 6.07) is 5.21. The number of para-hydroxylation sites is 2. The Hall–Kier alpha value is -2.15. The van der Waals surface area contributed by atoms with E-state index in [0.717, 1.165) is 0 Å². The average Bonchev–Trinajstić information content (AvgIpc) is 2.38. The number of ether oxygens (including phenoxy) is 2. The van der Waals surface area contributed by atoms with Crippen LogP contribution in [0.15, 0.2) is 24.3 Å². The van der Waals surface area contributed by atoms with E-state index in [9.17, 15) is 14.9 Å². The van der Waals surface area contributed by atoms with Crippen molar-refractivity contribution in [2.45, 2.75) is 12.5 Å². The Bertz CT molecular complexity index is 435. The minimum Gasteiger partial charge on any atom is -0.487 e. The van der Waals surface area contributed by atoms with Crippen molar-refractivity contribution >= 4 is 11.7 Å². The van der Waals surface area contributed by atoms with Gasteiger partial charge < -0.3 is 15.2 Å². The summed E-state index contributed by atoms with van der Waals surface area (Å²) in [7, 11) is 1.24. The molecule has 0 amide bonds. The first-order valence-corrected chi connectivity index (χ1v) is 5.26. The Morgan fingerprint density at radius 3 is 2.78 bits per heavy atom. The minimum atomic E-state index is -0.794. The fourth-order valence-corrected chi connectivity index (χ4v) is 1.30. The topological polar surface area (TPSA) is 105 Å². The first-order chi connectivity index (χ1) is 8.56. The molecule has 0 saturated carbocycles. The number of hydrogen-bond donors (Lipinski definition) is 1. The lowest BCUT2D eigenvalue weighted by Gasteiger charge is -2.10. The third-order valence-corrected chi connectivity index (χ3v) is 2.25. The van der Waals surface area contributed by atoms with Gasteiger partial charge >= 0.3 is 11.7 Å². The molecule has 7 nitrogen and oxygen atoms in total. The Labute approximate surface area is 104 Å². The van der Waals surface area contributed by atoms with E-state index in [1.165, 1.54) is 19.2 Å². The standard InChI is InChI=1S/C11H14N2O5/c1-17-11(14)8(12)6-7-18-10-5-3-2-4-9(10)13(15)16/h2-5,8H,6-7,12H2,1H3. The number of rotatable bonds is 6. The van der Waals surface area contributed by atoms with Crippen LogP contribution in [0.5, 0.6) is 5.75 Å². The third-order valence-electron chi connectivity index (χ3n) is 2.25. The van der Waals surface area contributed by atoms with Gasteiger partial charge in [0.1, 0.15) is 6.04 Å². The van der Waals surface area contributed by atoms with E-state index in [-0.39, 0.29) is 24.5 Å². The molecule has 0 heterocycles. The molecule has 1 aromatic rings. The number of carbonyl (C=O) groups is 1. The molecule has 1 aromatic carbocycles. The number of carbonyl (C=O) groups excluding carboxylic acids is 1. The van der Waals surface area contributed by atoms with Crippen molar-refractivity contribution in [3.8, 4) is 5.75 Å². The number of nitrogens with two attached hydrogens (primary N) is 1. The van der Waals surface area contributed by atoms with Crippen molar-refractivity contribution < 1.29 is 19.2 Å². The van der Waals surface area contributed by atoms with Crippen molar-refractivity contribution in [1.29, 1.82) is 0 Å². The number of nitro groups is 1. The van der Waals surface area contributed by atoms with Gasteiger partial charge in [0.25, 0.3) is 0 Å². The van der Waals surface area contributed by atoms with Crippen molar-refractivity contribution in [2.75, 3.05) is 13.7 Å². The largest absolute Gasteiger partial charge is 0.487 e. The molecule has 0 aliphatic heterocycles. The van der Waals surface area contributed by atoms with Gasteiger partial charge in [-0.2, -0.15) is 0 Å². The molecule has 1 atom stereocenters. The predicted molar refractivity (Wildman–Crippen MR) is 63.2 cm³/mol. The van der Waals surface area contributed by atoms with Gasteiger partial charge in [-0.25, -0.2) is 0 Å². The lowest BCUT2D eigenvalue weighted by Crippen LogP contribution is -2.33. The van der Waals surface area contributed by atoms with E-state index in [1.54, 1.807) is 12.1 Å². The van der Waals surface area contributed by atoms with Crippen LogP contribution in [0, 0.1) is 10.1 Å². The SMILES string of the molecule is COC(=O)C(N)CCOc1ccccc1[N+](=O)[O-]. The first kappa shape index (κ1) is 13.9. The van der Waals surface area contributed by atoms with E-state index in [4.69, 9.17) is 10.5 Å². The Kier molecular flexibility index (Phi) is 5.06. The van der Waals surface area contributed by atoms with Gasteiger partial charge in [-0.1, -0.05) is 12.1 Å². The lowest BCUT2D eigenvalue weighted by atomic mass is 10.2. The molecule has 1 unspecified atom stereocenters. The number of hydrogen-bond acceptors (Lipinski definition) is 6. The van der Waals surface area contributed by atoms with Gasteiger partial charge in [-0.15, -0.1) is 0 Å². The van der Waals surface area contributed by atoms with Crippen LogP contribution >= 0.6 is 0 Å². The monoisotopic (exact) mass is 254 g/mol. The number of esters is 1. The zero-order chi connectivity index (χ0) is 13.5. The molecule has 0 radical (unpaired) electrons. The molecule has 98 valence electrons. The van der Waals surface area contributed by atoms with Gasteiger partial charge in [0.15, 0.2) is 5.75 Å². The van der Waals surface area contributed by atoms with Crippen LogP contribution in [0.2, 0.25) is 0 Å². The second kappa shape index (κ2) is 6.55. The maximum Gasteiger partial charge on any atom is 0.322 e. The van der Waals surface area contributed by atoms with E-state index < -0.39 is 16.9 Å². The maximum atomic E-state index is 11.0. The molecule has 0 fully saturated rings. The highest BCUT2D eigenvalue weighted by molar-refractivity contribution is 5.75. The summed E-state index contributed by atoms with van der Waals surface area (Å²) >= 11 is 0. The third kappa shape index (κ3) is 3.70. The second-order valence-corrected chi connectivity index (χ2v) is 3.49. The van der Waals surface area contributed by atoms with Crippen LogP contribution in [0.3, 0.4) is 0 Å². The van der Waals surface area contributed by atoms with Crippen LogP contribution in [0.1, 0.15) is 6.42 Å².